The molecule has 0 aliphatic heterocycles. The van der Waals surface area contributed by atoms with Crippen LogP contribution >= 0.6 is 11.6 Å². The van der Waals surface area contributed by atoms with Crippen LogP contribution in [-0.2, 0) is 17.6 Å². The quantitative estimate of drug-likeness (QED) is 0.801. The molecule has 0 spiro atoms. The van der Waals surface area contributed by atoms with Gasteiger partial charge >= 0.3 is 0 Å². The van der Waals surface area contributed by atoms with Crippen LogP contribution in [-0.4, -0.2) is 12.5 Å². The molecule has 0 unspecified atom stereocenters. The lowest BCUT2D eigenvalue weighted by Crippen LogP contribution is -2.32. The minimum absolute atomic E-state index is 0.00305. The highest BCUT2D eigenvalue weighted by Gasteiger charge is 2.16. The number of fused-ring (bicyclic) bond motifs is 1. The van der Waals surface area contributed by atoms with Gasteiger partial charge in [-0.15, -0.1) is 0 Å². The largest absolute Gasteiger partial charge is 0.484 e. The van der Waals surface area contributed by atoms with E-state index in [1.807, 2.05) is 0 Å². The SMILES string of the molecule is CC[C@@H](NC(=O)COc1ccc(Cl)cc1)c1ccc2c(c1)CCCC2. The Labute approximate surface area is 154 Å². The van der Waals surface area contributed by atoms with Crippen LogP contribution in [0.2, 0.25) is 5.02 Å². The molecule has 2 aromatic carbocycles. The Morgan fingerprint density at radius 3 is 2.56 bits per heavy atom. The van der Waals surface area contributed by atoms with Gasteiger partial charge in [0.05, 0.1) is 6.04 Å². The Hall–Kier alpha value is -2.00. The minimum Gasteiger partial charge on any atom is -0.484 e. The molecule has 0 bridgehead atoms. The molecule has 0 aromatic heterocycles. The van der Waals surface area contributed by atoms with Gasteiger partial charge in [0, 0.05) is 5.02 Å². The summed E-state index contributed by atoms with van der Waals surface area (Å²) in [6, 6.07) is 13.7. The number of ether oxygens (including phenoxy) is 1. The summed E-state index contributed by atoms with van der Waals surface area (Å²) in [6.45, 7) is 2.09. The number of amides is 1. The molecule has 1 atom stereocenters. The molecule has 1 N–H and O–H groups in total. The summed E-state index contributed by atoms with van der Waals surface area (Å²) in [4.78, 5) is 12.3. The van der Waals surface area contributed by atoms with Gasteiger partial charge in [-0.05, 0) is 73.1 Å². The number of hydrogen-bond donors (Lipinski definition) is 1. The third-order valence-electron chi connectivity index (χ3n) is 4.70. The Morgan fingerprint density at radius 2 is 1.84 bits per heavy atom. The number of aryl methyl sites for hydroxylation is 2. The zero-order valence-electron chi connectivity index (χ0n) is 14.6. The highest BCUT2D eigenvalue weighted by molar-refractivity contribution is 6.30. The standard InChI is InChI=1S/C21H24ClNO2/c1-2-20(17-8-7-15-5-3-4-6-16(15)13-17)23-21(24)14-25-19-11-9-18(22)10-12-19/h7-13,20H,2-6,14H2,1H3,(H,23,24)/t20-/m1/s1. The summed E-state index contributed by atoms with van der Waals surface area (Å²) in [5.74, 6) is 0.529. The van der Waals surface area contributed by atoms with E-state index in [2.05, 4.69) is 30.4 Å². The predicted molar refractivity (Wildman–Crippen MR) is 101 cm³/mol. The fourth-order valence-corrected chi connectivity index (χ4v) is 3.43. The van der Waals surface area contributed by atoms with Crippen molar-refractivity contribution in [2.45, 2.75) is 45.1 Å². The van der Waals surface area contributed by atoms with E-state index in [0.717, 1.165) is 12.8 Å². The normalized spacial score (nSPS) is 14.5. The first-order valence-electron chi connectivity index (χ1n) is 8.95. The molecule has 3 nitrogen and oxygen atoms in total. The fraction of sp³-hybridized carbons (Fsp3) is 0.381. The van der Waals surface area contributed by atoms with Crippen LogP contribution in [0.4, 0.5) is 0 Å². The second kappa shape index (κ2) is 8.39. The number of carbonyl (C=O) groups excluding carboxylic acids is 1. The molecule has 3 rings (SSSR count). The molecule has 1 aliphatic carbocycles. The zero-order chi connectivity index (χ0) is 17.6. The third-order valence-corrected chi connectivity index (χ3v) is 4.95. The molecule has 0 saturated carbocycles. The number of rotatable bonds is 6. The van der Waals surface area contributed by atoms with Crippen molar-refractivity contribution in [3.05, 3.63) is 64.2 Å². The maximum Gasteiger partial charge on any atom is 0.258 e. The van der Waals surface area contributed by atoms with Gasteiger partial charge in [0.15, 0.2) is 6.61 Å². The maximum atomic E-state index is 12.3. The number of halogens is 1. The molecule has 0 radical (unpaired) electrons. The van der Waals surface area contributed by atoms with Crippen molar-refractivity contribution in [3.8, 4) is 5.75 Å². The average Bonchev–Trinajstić information content (AvgIpc) is 2.65. The average molecular weight is 358 g/mol. The first kappa shape index (κ1) is 17.8. The van der Waals surface area contributed by atoms with Crippen LogP contribution < -0.4 is 10.1 Å². The van der Waals surface area contributed by atoms with Crippen molar-refractivity contribution in [1.82, 2.24) is 5.32 Å². The molecule has 2 aromatic rings. The van der Waals surface area contributed by atoms with E-state index in [9.17, 15) is 4.79 Å². The molecule has 0 saturated heterocycles. The van der Waals surface area contributed by atoms with Crippen LogP contribution in [0.15, 0.2) is 42.5 Å². The van der Waals surface area contributed by atoms with Gasteiger partial charge < -0.3 is 10.1 Å². The van der Waals surface area contributed by atoms with Crippen molar-refractivity contribution in [2.24, 2.45) is 0 Å². The van der Waals surface area contributed by atoms with Crippen molar-refractivity contribution >= 4 is 17.5 Å². The van der Waals surface area contributed by atoms with Gasteiger partial charge in [-0.3, -0.25) is 4.79 Å². The molecule has 0 heterocycles. The van der Waals surface area contributed by atoms with Gasteiger partial charge in [-0.2, -0.15) is 0 Å². The van der Waals surface area contributed by atoms with Crippen molar-refractivity contribution in [1.29, 1.82) is 0 Å². The lowest BCUT2D eigenvalue weighted by Gasteiger charge is -2.21. The molecule has 132 valence electrons. The molecular weight excluding hydrogens is 334 g/mol. The molecule has 0 fully saturated rings. The molecular formula is C21H24ClNO2. The highest BCUT2D eigenvalue weighted by atomic mass is 35.5. The number of carbonyl (C=O) groups is 1. The number of benzene rings is 2. The van der Waals surface area contributed by atoms with Crippen molar-refractivity contribution in [3.63, 3.8) is 0 Å². The molecule has 1 aliphatic rings. The Morgan fingerprint density at radius 1 is 1.12 bits per heavy atom. The summed E-state index contributed by atoms with van der Waals surface area (Å²) >= 11 is 5.85. The van der Waals surface area contributed by atoms with E-state index in [-0.39, 0.29) is 18.6 Å². The van der Waals surface area contributed by atoms with Crippen molar-refractivity contribution < 1.29 is 9.53 Å². The monoisotopic (exact) mass is 357 g/mol. The first-order chi connectivity index (χ1) is 12.2. The number of nitrogens with one attached hydrogen (secondary N) is 1. The first-order valence-corrected chi connectivity index (χ1v) is 9.33. The Balaban J connectivity index is 1.59. The van der Waals surface area contributed by atoms with E-state index in [1.54, 1.807) is 24.3 Å². The fourth-order valence-electron chi connectivity index (χ4n) is 3.31. The number of hydrogen-bond acceptors (Lipinski definition) is 2. The van der Waals surface area contributed by atoms with Crippen LogP contribution in [0.3, 0.4) is 0 Å². The lowest BCUT2D eigenvalue weighted by molar-refractivity contribution is -0.123. The Bertz CT molecular complexity index is 727. The van der Waals surface area contributed by atoms with Crippen LogP contribution in [0.25, 0.3) is 0 Å². The summed E-state index contributed by atoms with van der Waals surface area (Å²) in [5.41, 5.74) is 4.08. The molecule has 4 heteroatoms. The van der Waals surface area contributed by atoms with E-state index in [1.165, 1.54) is 36.0 Å². The lowest BCUT2D eigenvalue weighted by atomic mass is 9.89. The topological polar surface area (TPSA) is 38.3 Å². The minimum atomic E-state index is -0.112. The molecule has 1 amide bonds. The van der Waals surface area contributed by atoms with E-state index < -0.39 is 0 Å². The van der Waals surface area contributed by atoms with Crippen LogP contribution in [0.5, 0.6) is 5.75 Å². The van der Waals surface area contributed by atoms with Crippen molar-refractivity contribution in [2.75, 3.05) is 6.61 Å². The second-order valence-corrected chi connectivity index (χ2v) is 6.94. The third kappa shape index (κ3) is 4.76. The van der Waals surface area contributed by atoms with Gasteiger partial charge in [-0.1, -0.05) is 36.7 Å². The maximum absolute atomic E-state index is 12.3. The van der Waals surface area contributed by atoms with Gasteiger partial charge in [0.2, 0.25) is 0 Å². The van der Waals surface area contributed by atoms with Crippen LogP contribution in [0.1, 0.15) is 48.9 Å². The zero-order valence-corrected chi connectivity index (χ0v) is 15.3. The summed E-state index contributed by atoms with van der Waals surface area (Å²) in [6.07, 6.45) is 5.71. The Kier molecular flexibility index (Phi) is 5.98. The van der Waals surface area contributed by atoms with Gasteiger partial charge in [0.1, 0.15) is 5.75 Å². The summed E-state index contributed by atoms with van der Waals surface area (Å²) in [5, 5.41) is 3.73. The summed E-state index contributed by atoms with van der Waals surface area (Å²) < 4.78 is 5.52. The van der Waals surface area contributed by atoms with Gasteiger partial charge in [0.25, 0.3) is 5.91 Å². The smallest absolute Gasteiger partial charge is 0.258 e. The van der Waals surface area contributed by atoms with Gasteiger partial charge in [-0.25, -0.2) is 0 Å². The van der Waals surface area contributed by atoms with E-state index in [0.29, 0.717) is 10.8 Å². The van der Waals surface area contributed by atoms with E-state index in [4.69, 9.17) is 16.3 Å². The second-order valence-electron chi connectivity index (χ2n) is 6.51. The molecule has 25 heavy (non-hydrogen) atoms. The highest BCUT2D eigenvalue weighted by Crippen LogP contribution is 2.26. The van der Waals surface area contributed by atoms with E-state index >= 15 is 0 Å². The predicted octanol–water partition coefficient (Wildman–Crippen LogP) is 4.87. The summed E-state index contributed by atoms with van der Waals surface area (Å²) in [7, 11) is 0. The van der Waals surface area contributed by atoms with Crippen LogP contribution in [0, 0.1) is 0 Å².